The molecule has 0 bridgehead atoms. The lowest BCUT2D eigenvalue weighted by Crippen LogP contribution is -2.22. The van der Waals surface area contributed by atoms with Crippen molar-refractivity contribution in [3.05, 3.63) is 52.9 Å². The van der Waals surface area contributed by atoms with Gasteiger partial charge in [-0.25, -0.2) is 0 Å². The van der Waals surface area contributed by atoms with Crippen LogP contribution in [0.1, 0.15) is 27.4 Å². The van der Waals surface area contributed by atoms with Gasteiger partial charge in [0, 0.05) is 18.2 Å². The average molecular weight is 245 g/mol. The predicted octanol–water partition coefficient (Wildman–Crippen LogP) is 1.37. The normalized spacial score (nSPS) is 10.3. The van der Waals surface area contributed by atoms with Crippen LogP contribution in [0, 0.1) is 6.92 Å². The first-order valence-electron chi connectivity index (χ1n) is 5.68. The molecule has 0 saturated carbocycles. The van der Waals surface area contributed by atoms with Gasteiger partial charge in [0.05, 0.1) is 12.2 Å². The highest BCUT2D eigenvalue weighted by Crippen LogP contribution is 2.05. The first-order valence-corrected chi connectivity index (χ1v) is 5.68. The molecule has 0 atom stereocenters. The third-order valence-corrected chi connectivity index (χ3v) is 2.55. The Hall–Kier alpha value is -2.14. The van der Waals surface area contributed by atoms with Gasteiger partial charge < -0.3 is 15.6 Å². The van der Waals surface area contributed by atoms with E-state index in [1.54, 1.807) is 18.2 Å². The molecule has 2 rings (SSSR count). The minimum atomic E-state index is -0.146. The summed E-state index contributed by atoms with van der Waals surface area (Å²) in [5, 5.41) is 6.51. The monoisotopic (exact) mass is 245 g/mol. The Balaban J connectivity index is 1.94. The van der Waals surface area contributed by atoms with Crippen molar-refractivity contribution in [2.24, 2.45) is 5.73 Å². The Bertz CT molecular complexity index is 531. The molecule has 0 unspecified atom stereocenters. The molecule has 1 aromatic heterocycles. The van der Waals surface area contributed by atoms with Crippen molar-refractivity contribution in [2.75, 3.05) is 0 Å². The van der Waals surface area contributed by atoms with Crippen molar-refractivity contribution in [3.8, 4) is 0 Å². The Morgan fingerprint density at radius 3 is 2.67 bits per heavy atom. The number of carbonyl (C=O) groups is 1. The molecule has 0 radical (unpaired) electrons. The van der Waals surface area contributed by atoms with Crippen LogP contribution < -0.4 is 11.1 Å². The van der Waals surface area contributed by atoms with E-state index in [1.165, 1.54) is 0 Å². The number of hydrogen-bond acceptors (Lipinski definition) is 4. The van der Waals surface area contributed by atoms with Crippen LogP contribution in [0.25, 0.3) is 0 Å². The molecule has 0 saturated heterocycles. The van der Waals surface area contributed by atoms with Gasteiger partial charge in [0.25, 0.3) is 5.91 Å². The number of hydrogen-bond donors (Lipinski definition) is 2. The summed E-state index contributed by atoms with van der Waals surface area (Å²) in [7, 11) is 0. The van der Waals surface area contributed by atoms with Crippen LogP contribution >= 0.6 is 0 Å². The smallest absolute Gasteiger partial charge is 0.251 e. The molecule has 0 fully saturated rings. The van der Waals surface area contributed by atoms with E-state index in [0.29, 0.717) is 24.4 Å². The second kappa shape index (κ2) is 5.46. The number of nitrogens with zero attached hydrogens (tertiary/aromatic N) is 1. The molecule has 0 aliphatic carbocycles. The van der Waals surface area contributed by atoms with Crippen LogP contribution in [0.15, 0.2) is 34.9 Å². The standard InChI is InChI=1S/C13H15N3O2/c1-9-6-12(18-16-9)8-15-13(17)11-4-2-10(7-14)3-5-11/h2-6H,7-8,14H2,1H3,(H,15,17). The van der Waals surface area contributed by atoms with Gasteiger partial charge in [0.2, 0.25) is 0 Å². The largest absolute Gasteiger partial charge is 0.359 e. The number of rotatable bonds is 4. The summed E-state index contributed by atoms with van der Waals surface area (Å²) in [4.78, 5) is 11.8. The molecule has 3 N–H and O–H groups in total. The predicted molar refractivity (Wildman–Crippen MR) is 66.7 cm³/mol. The topological polar surface area (TPSA) is 81.2 Å². The molecule has 94 valence electrons. The van der Waals surface area contributed by atoms with Crippen LogP contribution in [0.4, 0.5) is 0 Å². The third kappa shape index (κ3) is 2.95. The van der Waals surface area contributed by atoms with Crippen molar-refractivity contribution in [1.82, 2.24) is 10.5 Å². The number of aromatic nitrogens is 1. The Morgan fingerprint density at radius 1 is 1.39 bits per heavy atom. The lowest BCUT2D eigenvalue weighted by atomic mass is 10.1. The zero-order valence-corrected chi connectivity index (χ0v) is 10.1. The van der Waals surface area contributed by atoms with Gasteiger partial charge >= 0.3 is 0 Å². The summed E-state index contributed by atoms with van der Waals surface area (Å²) < 4.78 is 5.01. The van der Waals surface area contributed by atoms with Crippen molar-refractivity contribution >= 4 is 5.91 Å². The molecule has 0 aliphatic heterocycles. The molecule has 1 amide bonds. The van der Waals surface area contributed by atoms with Crippen LogP contribution in [-0.4, -0.2) is 11.1 Å². The van der Waals surface area contributed by atoms with E-state index < -0.39 is 0 Å². The van der Waals surface area contributed by atoms with Crippen LogP contribution in [0.5, 0.6) is 0 Å². The SMILES string of the molecule is Cc1cc(CNC(=O)c2ccc(CN)cc2)on1. The van der Waals surface area contributed by atoms with Gasteiger partial charge in [-0.1, -0.05) is 17.3 Å². The molecular formula is C13H15N3O2. The first kappa shape index (κ1) is 12.3. The Kier molecular flexibility index (Phi) is 3.74. The Labute approximate surface area is 105 Å². The minimum absolute atomic E-state index is 0.146. The van der Waals surface area contributed by atoms with E-state index in [1.807, 2.05) is 19.1 Å². The molecule has 0 spiro atoms. The number of benzene rings is 1. The van der Waals surface area contributed by atoms with Gasteiger partial charge in [-0.15, -0.1) is 0 Å². The molecule has 0 aliphatic rings. The van der Waals surface area contributed by atoms with Crippen LogP contribution in [-0.2, 0) is 13.1 Å². The van der Waals surface area contributed by atoms with Gasteiger partial charge in [0.1, 0.15) is 0 Å². The summed E-state index contributed by atoms with van der Waals surface area (Å²) in [5.41, 5.74) is 7.89. The number of aryl methyl sites for hydroxylation is 1. The van der Waals surface area contributed by atoms with Crippen LogP contribution in [0.3, 0.4) is 0 Å². The Morgan fingerprint density at radius 2 is 2.11 bits per heavy atom. The number of nitrogens with two attached hydrogens (primary N) is 1. The molecule has 1 heterocycles. The van der Waals surface area contributed by atoms with Gasteiger partial charge in [-0.3, -0.25) is 4.79 Å². The van der Waals surface area contributed by atoms with E-state index >= 15 is 0 Å². The van der Waals surface area contributed by atoms with E-state index in [2.05, 4.69) is 10.5 Å². The van der Waals surface area contributed by atoms with Crippen LogP contribution in [0.2, 0.25) is 0 Å². The van der Waals surface area contributed by atoms with Gasteiger partial charge in [-0.05, 0) is 24.6 Å². The maximum atomic E-state index is 11.8. The summed E-state index contributed by atoms with van der Waals surface area (Å²) in [6.07, 6.45) is 0. The van der Waals surface area contributed by atoms with E-state index in [9.17, 15) is 4.79 Å². The minimum Gasteiger partial charge on any atom is -0.359 e. The number of carbonyl (C=O) groups excluding carboxylic acids is 1. The summed E-state index contributed by atoms with van der Waals surface area (Å²) in [6.45, 7) is 2.64. The highest BCUT2D eigenvalue weighted by atomic mass is 16.5. The maximum absolute atomic E-state index is 11.8. The van der Waals surface area contributed by atoms with E-state index in [0.717, 1.165) is 11.3 Å². The lowest BCUT2D eigenvalue weighted by Gasteiger charge is -2.03. The average Bonchev–Trinajstić information content (AvgIpc) is 2.82. The lowest BCUT2D eigenvalue weighted by molar-refractivity contribution is 0.0947. The summed E-state index contributed by atoms with van der Waals surface area (Å²) in [6, 6.07) is 8.98. The fourth-order valence-corrected chi connectivity index (χ4v) is 1.56. The van der Waals surface area contributed by atoms with Gasteiger partial charge in [0.15, 0.2) is 5.76 Å². The number of nitrogens with one attached hydrogen (secondary N) is 1. The molecule has 18 heavy (non-hydrogen) atoms. The summed E-state index contributed by atoms with van der Waals surface area (Å²) >= 11 is 0. The fourth-order valence-electron chi connectivity index (χ4n) is 1.56. The third-order valence-electron chi connectivity index (χ3n) is 2.55. The second-order valence-corrected chi connectivity index (χ2v) is 4.02. The molecule has 5 heteroatoms. The molecule has 2 aromatic rings. The fraction of sp³-hybridized carbons (Fsp3) is 0.231. The van der Waals surface area contributed by atoms with E-state index in [4.69, 9.17) is 10.3 Å². The maximum Gasteiger partial charge on any atom is 0.251 e. The first-order chi connectivity index (χ1) is 8.69. The molecule has 1 aromatic carbocycles. The van der Waals surface area contributed by atoms with Crippen molar-refractivity contribution in [3.63, 3.8) is 0 Å². The summed E-state index contributed by atoms with van der Waals surface area (Å²) in [5.74, 6) is 0.493. The molecular weight excluding hydrogens is 230 g/mol. The highest BCUT2D eigenvalue weighted by Gasteiger charge is 2.07. The molecule has 5 nitrogen and oxygen atoms in total. The van der Waals surface area contributed by atoms with E-state index in [-0.39, 0.29) is 5.91 Å². The highest BCUT2D eigenvalue weighted by molar-refractivity contribution is 5.94. The number of amides is 1. The van der Waals surface area contributed by atoms with Crippen molar-refractivity contribution in [1.29, 1.82) is 0 Å². The quantitative estimate of drug-likeness (QED) is 0.852. The van der Waals surface area contributed by atoms with Crippen molar-refractivity contribution < 1.29 is 9.32 Å². The van der Waals surface area contributed by atoms with Crippen molar-refractivity contribution in [2.45, 2.75) is 20.0 Å². The van der Waals surface area contributed by atoms with Gasteiger partial charge in [-0.2, -0.15) is 0 Å². The second-order valence-electron chi connectivity index (χ2n) is 4.02. The zero-order valence-electron chi connectivity index (χ0n) is 10.1. The zero-order chi connectivity index (χ0) is 13.0.